The van der Waals surface area contributed by atoms with Crippen LogP contribution in [0.3, 0.4) is 0 Å². The molecule has 0 spiro atoms. The number of fused-ring (bicyclic) bond motifs is 1. The van der Waals surface area contributed by atoms with Crippen molar-refractivity contribution in [3.63, 3.8) is 0 Å². The van der Waals surface area contributed by atoms with Crippen LogP contribution in [-0.2, 0) is 19.4 Å². The van der Waals surface area contributed by atoms with Gasteiger partial charge in [-0.25, -0.2) is 13.2 Å². The van der Waals surface area contributed by atoms with Crippen molar-refractivity contribution in [3.05, 3.63) is 41.4 Å². The molecule has 166 valence electrons. The summed E-state index contributed by atoms with van der Waals surface area (Å²) in [4.78, 5) is 28.3. The van der Waals surface area contributed by atoms with E-state index in [1.807, 2.05) is 6.92 Å². The molecule has 0 bridgehead atoms. The fourth-order valence-corrected chi connectivity index (χ4v) is 4.65. The molecule has 0 fully saturated rings. The summed E-state index contributed by atoms with van der Waals surface area (Å²) in [5.74, 6) is -0.138. The highest BCUT2D eigenvalue weighted by atomic mass is 35.5. The van der Waals surface area contributed by atoms with Gasteiger partial charge in [-0.05, 0) is 62.2 Å². The maximum absolute atomic E-state index is 12.8. The normalized spacial score (nSPS) is 16.3. The number of amides is 2. The number of hydrogen-bond donors (Lipinski definition) is 0. The van der Waals surface area contributed by atoms with Gasteiger partial charge in [-0.1, -0.05) is 17.7 Å². The van der Waals surface area contributed by atoms with Crippen LogP contribution in [-0.4, -0.2) is 45.4 Å². The molecule has 0 aliphatic carbocycles. The largest absolute Gasteiger partial charge is 0.446 e. The Kier molecular flexibility index (Phi) is 6.34. The third kappa shape index (κ3) is 4.85. The number of nitrogens with zero attached hydrogens (tertiary/aromatic N) is 2. The second kappa shape index (κ2) is 8.51. The summed E-state index contributed by atoms with van der Waals surface area (Å²) in [5, 5.41) is 0.283. The van der Waals surface area contributed by atoms with Crippen molar-refractivity contribution < 1.29 is 22.7 Å². The van der Waals surface area contributed by atoms with E-state index in [1.165, 1.54) is 24.0 Å². The Morgan fingerprint density at radius 1 is 1.10 bits per heavy atom. The van der Waals surface area contributed by atoms with Gasteiger partial charge >= 0.3 is 6.09 Å². The number of sulfone groups is 1. The number of ether oxygens (including phenoxy) is 1. The lowest BCUT2D eigenvalue weighted by Gasteiger charge is -2.40. The van der Waals surface area contributed by atoms with E-state index in [2.05, 4.69) is 0 Å². The van der Waals surface area contributed by atoms with E-state index >= 15 is 0 Å². The summed E-state index contributed by atoms with van der Waals surface area (Å²) in [5.41, 5.74) is 2.34. The number of carbonyl (C=O) groups is 2. The van der Waals surface area contributed by atoms with Crippen LogP contribution in [0.25, 0.3) is 11.1 Å². The average molecular weight is 465 g/mol. The summed E-state index contributed by atoms with van der Waals surface area (Å²) in [6.45, 7) is 7.15. The Balaban J connectivity index is 2.17. The summed E-state index contributed by atoms with van der Waals surface area (Å²) in [6, 6.07) is 9.62. The van der Waals surface area contributed by atoms with Crippen molar-refractivity contribution in [2.75, 3.05) is 22.6 Å². The predicted molar refractivity (Wildman–Crippen MR) is 122 cm³/mol. The Labute approximate surface area is 187 Å². The molecule has 9 heteroatoms. The lowest BCUT2D eigenvalue weighted by atomic mass is 10.0. The Morgan fingerprint density at radius 2 is 1.77 bits per heavy atom. The van der Waals surface area contributed by atoms with Crippen LogP contribution in [0.4, 0.5) is 16.2 Å². The second-order valence-electron chi connectivity index (χ2n) is 7.93. The van der Waals surface area contributed by atoms with Gasteiger partial charge in [0.25, 0.3) is 0 Å². The number of hydrogen-bond acceptors (Lipinski definition) is 5. The highest BCUT2D eigenvalue weighted by molar-refractivity contribution is 7.90. The number of carbonyl (C=O) groups excluding carboxylic acids is 2. The molecule has 0 saturated carbocycles. The molecule has 1 atom stereocenters. The van der Waals surface area contributed by atoms with Crippen molar-refractivity contribution in [2.24, 2.45) is 0 Å². The number of benzene rings is 2. The summed E-state index contributed by atoms with van der Waals surface area (Å²) >= 11 is 6.17. The van der Waals surface area contributed by atoms with E-state index < -0.39 is 15.9 Å². The number of rotatable bonds is 3. The van der Waals surface area contributed by atoms with E-state index in [1.54, 1.807) is 43.0 Å². The van der Waals surface area contributed by atoms with Gasteiger partial charge < -0.3 is 9.64 Å². The Hall–Kier alpha value is -2.58. The van der Waals surface area contributed by atoms with Crippen molar-refractivity contribution in [1.82, 2.24) is 0 Å². The average Bonchev–Trinajstić information content (AvgIpc) is 2.64. The van der Waals surface area contributed by atoms with Crippen LogP contribution >= 0.6 is 11.6 Å². The van der Waals surface area contributed by atoms with Crippen LogP contribution in [0.15, 0.2) is 41.3 Å². The molecule has 0 aromatic heterocycles. The summed E-state index contributed by atoms with van der Waals surface area (Å²) in [7, 11) is -3.46. The first-order chi connectivity index (χ1) is 14.4. The van der Waals surface area contributed by atoms with E-state index in [0.29, 0.717) is 22.5 Å². The Morgan fingerprint density at radius 3 is 2.35 bits per heavy atom. The molecular formula is C22H25ClN2O5S. The minimum absolute atomic E-state index is 0.0998. The zero-order valence-electron chi connectivity index (χ0n) is 18.0. The van der Waals surface area contributed by atoms with Crippen LogP contribution in [0, 0.1) is 0 Å². The highest BCUT2D eigenvalue weighted by Gasteiger charge is 2.34. The monoisotopic (exact) mass is 464 g/mol. The Bertz CT molecular complexity index is 1150. The molecule has 2 amide bonds. The fraction of sp³-hybridized carbons (Fsp3) is 0.364. The first-order valence-corrected chi connectivity index (χ1v) is 12.1. The topological polar surface area (TPSA) is 84.0 Å². The third-order valence-corrected chi connectivity index (χ3v) is 6.25. The molecule has 1 unspecified atom stereocenters. The van der Waals surface area contributed by atoms with E-state index in [4.69, 9.17) is 16.3 Å². The molecule has 2 aromatic rings. The molecular weight excluding hydrogens is 440 g/mol. The van der Waals surface area contributed by atoms with Gasteiger partial charge in [0.15, 0.2) is 9.84 Å². The second-order valence-corrected chi connectivity index (χ2v) is 10.4. The van der Waals surface area contributed by atoms with Gasteiger partial charge in [0, 0.05) is 24.7 Å². The molecule has 31 heavy (non-hydrogen) atoms. The highest BCUT2D eigenvalue weighted by Crippen LogP contribution is 2.40. The summed E-state index contributed by atoms with van der Waals surface area (Å²) in [6.07, 6.45) is 0.308. The molecule has 1 aliphatic rings. The number of halogens is 1. The van der Waals surface area contributed by atoms with E-state index in [-0.39, 0.29) is 34.5 Å². The van der Waals surface area contributed by atoms with Gasteiger partial charge in [0.05, 0.1) is 28.4 Å². The molecule has 1 aliphatic heterocycles. The van der Waals surface area contributed by atoms with E-state index in [0.717, 1.165) is 6.26 Å². The van der Waals surface area contributed by atoms with Gasteiger partial charge in [-0.2, -0.15) is 0 Å². The third-order valence-electron chi connectivity index (χ3n) is 4.94. The van der Waals surface area contributed by atoms with Crippen LogP contribution in [0.2, 0.25) is 5.02 Å². The molecule has 0 saturated heterocycles. The molecule has 1 heterocycles. The minimum atomic E-state index is -3.46. The standard InChI is InChI=1S/C22H25ClN2O5S/c1-13(2)30-22(27)24-12-14(3)25(15(4)26)20-7-6-16(10-21(20)24)17-8-18(23)11-19(9-17)31(5,28)29/h6-11,13-14H,12H2,1-5H3. The quantitative estimate of drug-likeness (QED) is 0.666. The zero-order valence-corrected chi connectivity index (χ0v) is 19.6. The van der Waals surface area contributed by atoms with Crippen molar-refractivity contribution in [2.45, 2.75) is 44.7 Å². The maximum atomic E-state index is 12.8. The van der Waals surface area contributed by atoms with Crippen LogP contribution in [0.1, 0.15) is 27.7 Å². The molecule has 2 aromatic carbocycles. The van der Waals surface area contributed by atoms with Crippen LogP contribution < -0.4 is 9.80 Å². The van der Waals surface area contributed by atoms with Crippen molar-refractivity contribution >= 4 is 44.8 Å². The first kappa shape index (κ1) is 23.1. The SMILES string of the molecule is CC(=O)N1c2ccc(-c3cc(Cl)cc(S(C)(=O)=O)c3)cc2N(C(=O)OC(C)C)CC1C. The van der Waals surface area contributed by atoms with Gasteiger partial charge in [0.1, 0.15) is 0 Å². The zero-order chi connectivity index (χ0) is 23.1. The lowest BCUT2D eigenvalue weighted by molar-refractivity contribution is -0.117. The summed E-state index contributed by atoms with van der Waals surface area (Å²) < 4.78 is 29.5. The lowest BCUT2D eigenvalue weighted by Crippen LogP contribution is -2.51. The molecule has 0 radical (unpaired) electrons. The predicted octanol–water partition coefficient (Wildman–Crippen LogP) is 4.52. The number of anilines is 2. The van der Waals surface area contributed by atoms with Gasteiger partial charge in [-0.3, -0.25) is 9.69 Å². The smallest absolute Gasteiger partial charge is 0.414 e. The maximum Gasteiger partial charge on any atom is 0.414 e. The van der Waals surface area contributed by atoms with Gasteiger partial charge in [-0.15, -0.1) is 0 Å². The van der Waals surface area contributed by atoms with Gasteiger partial charge in [0.2, 0.25) is 5.91 Å². The van der Waals surface area contributed by atoms with Crippen molar-refractivity contribution in [1.29, 1.82) is 0 Å². The first-order valence-electron chi connectivity index (χ1n) is 9.81. The van der Waals surface area contributed by atoms with Crippen LogP contribution in [0.5, 0.6) is 0 Å². The fourth-order valence-electron chi connectivity index (χ4n) is 3.67. The molecule has 3 rings (SSSR count). The van der Waals surface area contributed by atoms with Crippen molar-refractivity contribution in [3.8, 4) is 11.1 Å². The minimum Gasteiger partial charge on any atom is -0.446 e. The molecule has 7 nitrogen and oxygen atoms in total. The van der Waals surface area contributed by atoms with E-state index in [9.17, 15) is 18.0 Å². The molecule has 0 N–H and O–H groups in total.